The van der Waals surface area contributed by atoms with Crippen molar-refractivity contribution >= 4 is 11.8 Å². The molecule has 2 nitrogen and oxygen atoms in total. The third-order valence-electron chi connectivity index (χ3n) is 3.69. The van der Waals surface area contributed by atoms with E-state index < -0.39 is 11.7 Å². The van der Waals surface area contributed by atoms with Gasteiger partial charge in [-0.3, -0.25) is 0 Å². The molecule has 0 aliphatic carbocycles. The average Bonchev–Trinajstić information content (AvgIpc) is 3.12. The van der Waals surface area contributed by atoms with Crippen LogP contribution in [0.5, 0.6) is 0 Å². The zero-order valence-corrected chi connectivity index (χ0v) is 13.2. The topological polar surface area (TPSA) is 25.2 Å². The van der Waals surface area contributed by atoms with Crippen LogP contribution in [0.2, 0.25) is 0 Å². The van der Waals surface area contributed by atoms with Crippen LogP contribution in [0.1, 0.15) is 22.9 Å². The first-order valence-electron chi connectivity index (χ1n) is 7.73. The van der Waals surface area contributed by atoms with Gasteiger partial charge in [0.2, 0.25) is 0 Å². The van der Waals surface area contributed by atoms with Crippen LogP contribution in [0, 0.1) is 0 Å². The Labute approximate surface area is 143 Å². The second-order valence-electron chi connectivity index (χ2n) is 5.48. The first kappa shape index (κ1) is 16.9. The molecule has 0 aliphatic heterocycles. The van der Waals surface area contributed by atoms with Crippen molar-refractivity contribution in [3.05, 3.63) is 96.0 Å². The molecule has 3 aromatic rings. The smallest absolute Gasteiger partial charge is 0.416 e. The molecule has 0 aliphatic rings. The van der Waals surface area contributed by atoms with Crippen molar-refractivity contribution in [3.63, 3.8) is 0 Å². The van der Waals surface area contributed by atoms with E-state index in [0.29, 0.717) is 5.76 Å². The molecule has 25 heavy (non-hydrogen) atoms. The Morgan fingerprint density at radius 1 is 0.880 bits per heavy atom. The Hall–Kier alpha value is -2.95. The fraction of sp³-hybridized carbons (Fsp3) is 0.100. The summed E-state index contributed by atoms with van der Waals surface area (Å²) in [6, 6.07) is 17.9. The maximum atomic E-state index is 12.8. The third-order valence-corrected chi connectivity index (χ3v) is 3.69. The maximum absolute atomic E-state index is 12.8. The molecular weight excluding hydrogens is 327 g/mol. The number of halogens is 3. The number of benzene rings is 2. The maximum Gasteiger partial charge on any atom is 0.416 e. The molecule has 0 bridgehead atoms. The van der Waals surface area contributed by atoms with Gasteiger partial charge in [0.1, 0.15) is 5.76 Å². The molecule has 1 N–H and O–H groups in total. The monoisotopic (exact) mass is 343 g/mol. The lowest BCUT2D eigenvalue weighted by Gasteiger charge is -2.18. The van der Waals surface area contributed by atoms with E-state index in [0.717, 1.165) is 23.4 Å². The van der Waals surface area contributed by atoms with E-state index in [9.17, 15) is 13.2 Å². The van der Waals surface area contributed by atoms with Gasteiger partial charge in [-0.15, -0.1) is 0 Å². The molecule has 2 aromatic carbocycles. The molecule has 3 rings (SSSR count). The highest BCUT2D eigenvalue weighted by atomic mass is 19.4. The minimum Gasteiger partial charge on any atom is -0.465 e. The summed E-state index contributed by atoms with van der Waals surface area (Å²) in [5.74, 6) is 0.673. The Bertz CT molecular complexity index is 806. The molecule has 0 radical (unpaired) electrons. The van der Waals surface area contributed by atoms with Crippen LogP contribution < -0.4 is 5.32 Å². The van der Waals surface area contributed by atoms with Crippen molar-refractivity contribution in [2.24, 2.45) is 0 Å². The van der Waals surface area contributed by atoms with E-state index in [4.69, 9.17) is 4.42 Å². The number of anilines is 1. The largest absolute Gasteiger partial charge is 0.465 e. The normalized spacial score (nSPS) is 13.1. The summed E-state index contributed by atoms with van der Waals surface area (Å²) >= 11 is 0. The van der Waals surface area contributed by atoms with Crippen LogP contribution in [-0.4, -0.2) is 0 Å². The molecule has 0 amide bonds. The standard InChI is InChI=1S/C20H16F3NO/c21-20(22,23)16-10-8-15(9-11-16)19(13-12-18-7-4-14-25-18)24-17-5-2-1-3-6-17/h1-14,19,24H/b13-12+. The number of nitrogens with one attached hydrogen (secondary N) is 1. The summed E-state index contributed by atoms with van der Waals surface area (Å²) in [4.78, 5) is 0. The Morgan fingerprint density at radius 3 is 2.20 bits per heavy atom. The second-order valence-corrected chi connectivity index (χ2v) is 5.48. The van der Waals surface area contributed by atoms with E-state index in [2.05, 4.69) is 5.32 Å². The summed E-state index contributed by atoms with van der Waals surface area (Å²) in [5.41, 5.74) is 0.931. The fourth-order valence-corrected chi connectivity index (χ4v) is 2.41. The molecule has 1 unspecified atom stereocenters. The molecule has 1 aromatic heterocycles. The van der Waals surface area contributed by atoms with Gasteiger partial charge in [0, 0.05) is 5.69 Å². The minimum atomic E-state index is -4.34. The lowest BCUT2D eigenvalue weighted by Crippen LogP contribution is -2.09. The van der Waals surface area contributed by atoms with Crippen molar-refractivity contribution < 1.29 is 17.6 Å². The molecule has 0 fully saturated rings. The van der Waals surface area contributed by atoms with Crippen LogP contribution in [0.25, 0.3) is 6.08 Å². The highest BCUT2D eigenvalue weighted by Gasteiger charge is 2.30. The van der Waals surface area contributed by atoms with Gasteiger partial charge < -0.3 is 9.73 Å². The van der Waals surface area contributed by atoms with Gasteiger partial charge in [0.05, 0.1) is 17.9 Å². The quantitative estimate of drug-likeness (QED) is 0.600. The number of hydrogen-bond acceptors (Lipinski definition) is 2. The molecule has 1 heterocycles. The van der Waals surface area contributed by atoms with E-state index in [-0.39, 0.29) is 6.04 Å². The van der Waals surface area contributed by atoms with Gasteiger partial charge >= 0.3 is 6.18 Å². The van der Waals surface area contributed by atoms with Gasteiger partial charge in [-0.2, -0.15) is 13.2 Å². The summed E-state index contributed by atoms with van der Waals surface area (Å²) < 4.78 is 43.5. The van der Waals surface area contributed by atoms with Gasteiger partial charge in [-0.1, -0.05) is 36.4 Å². The third kappa shape index (κ3) is 4.53. The van der Waals surface area contributed by atoms with E-state index in [1.807, 2.05) is 42.5 Å². The number of hydrogen-bond donors (Lipinski definition) is 1. The second kappa shape index (κ2) is 7.30. The molecule has 0 saturated heterocycles. The van der Waals surface area contributed by atoms with Gasteiger partial charge in [-0.05, 0) is 48.0 Å². The molecule has 1 atom stereocenters. The van der Waals surface area contributed by atoms with Crippen LogP contribution >= 0.6 is 0 Å². The first-order valence-corrected chi connectivity index (χ1v) is 7.73. The predicted octanol–water partition coefficient (Wildman–Crippen LogP) is 6.17. The fourth-order valence-electron chi connectivity index (χ4n) is 2.41. The molecule has 0 spiro atoms. The summed E-state index contributed by atoms with van der Waals surface area (Å²) in [5, 5.41) is 3.31. The van der Waals surface area contributed by atoms with Gasteiger partial charge in [0.25, 0.3) is 0 Å². The van der Waals surface area contributed by atoms with Crippen molar-refractivity contribution in [2.75, 3.05) is 5.32 Å². The highest BCUT2D eigenvalue weighted by Crippen LogP contribution is 2.31. The first-order chi connectivity index (χ1) is 12.0. The number of alkyl halides is 3. The van der Waals surface area contributed by atoms with Crippen molar-refractivity contribution in [2.45, 2.75) is 12.2 Å². The minimum absolute atomic E-state index is 0.296. The Balaban J connectivity index is 1.87. The molecular formula is C20H16F3NO. The van der Waals surface area contributed by atoms with Gasteiger partial charge in [0.15, 0.2) is 0 Å². The zero-order chi connectivity index (χ0) is 17.7. The summed E-state index contributed by atoms with van der Waals surface area (Å²) in [6.07, 6.45) is 0.870. The zero-order valence-electron chi connectivity index (χ0n) is 13.2. The lowest BCUT2D eigenvalue weighted by molar-refractivity contribution is -0.137. The van der Waals surface area contributed by atoms with Crippen molar-refractivity contribution in [3.8, 4) is 0 Å². The molecule has 128 valence electrons. The van der Waals surface area contributed by atoms with E-state index in [1.54, 1.807) is 18.4 Å². The lowest BCUT2D eigenvalue weighted by atomic mass is 10.0. The van der Waals surface area contributed by atoms with E-state index in [1.165, 1.54) is 12.1 Å². The molecule has 0 saturated carbocycles. The van der Waals surface area contributed by atoms with E-state index >= 15 is 0 Å². The number of rotatable bonds is 5. The SMILES string of the molecule is FC(F)(F)c1ccc(C(/C=C/c2ccco2)Nc2ccccc2)cc1. The Morgan fingerprint density at radius 2 is 1.60 bits per heavy atom. The van der Waals surface area contributed by atoms with Crippen LogP contribution in [0.15, 0.2) is 83.5 Å². The highest BCUT2D eigenvalue weighted by molar-refractivity contribution is 5.51. The summed E-state index contributed by atoms with van der Waals surface area (Å²) in [6.45, 7) is 0. The van der Waals surface area contributed by atoms with Crippen molar-refractivity contribution in [1.29, 1.82) is 0 Å². The Kier molecular flexibility index (Phi) is 4.93. The van der Waals surface area contributed by atoms with Crippen LogP contribution in [0.4, 0.5) is 18.9 Å². The van der Waals surface area contributed by atoms with Crippen LogP contribution in [0.3, 0.4) is 0 Å². The molecule has 5 heteroatoms. The average molecular weight is 343 g/mol. The van der Waals surface area contributed by atoms with Crippen molar-refractivity contribution in [1.82, 2.24) is 0 Å². The van der Waals surface area contributed by atoms with Gasteiger partial charge in [-0.25, -0.2) is 0 Å². The number of para-hydroxylation sites is 1. The predicted molar refractivity (Wildman–Crippen MR) is 92.0 cm³/mol. The van der Waals surface area contributed by atoms with Crippen LogP contribution in [-0.2, 0) is 6.18 Å². The number of furan rings is 1. The summed E-state index contributed by atoms with van der Waals surface area (Å²) in [7, 11) is 0.